The summed E-state index contributed by atoms with van der Waals surface area (Å²) in [7, 11) is 0. The molecule has 2 saturated heterocycles. The summed E-state index contributed by atoms with van der Waals surface area (Å²) in [5.41, 5.74) is 2.21. The van der Waals surface area contributed by atoms with E-state index in [4.69, 9.17) is 11.6 Å². The first-order valence-corrected chi connectivity index (χ1v) is 9.26. The Kier molecular flexibility index (Phi) is 4.23. The van der Waals surface area contributed by atoms with Gasteiger partial charge < -0.3 is 15.5 Å². The van der Waals surface area contributed by atoms with Crippen LogP contribution in [-0.2, 0) is 4.79 Å². The van der Waals surface area contributed by atoms with Crippen molar-refractivity contribution in [2.75, 3.05) is 18.0 Å². The molecular weight excluding hydrogens is 352 g/mol. The van der Waals surface area contributed by atoms with Crippen LogP contribution in [-0.4, -0.2) is 42.0 Å². The maximum atomic E-state index is 12.5. The summed E-state index contributed by atoms with van der Waals surface area (Å²) >= 11 is 6.46. The lowest BCUT2D eigenvalue weighted by molar-refractivity contribution is -0.121. The highest BCUT2D eigenvalue weighted by Crippen LogP contribution is 2.35. The van der Waals surface area contributed by atoms with E-state index in [1.165, 1.54) is 0 Å². The third kappa shape index (κ3) is 2.88. The fourth-order valence-corrected chi connectivity index (χ4v) is 3.82. The van der Waals surface area contributed by atoms with E-state index < -0.39 is 6.04 Å². The van der Waals surface area contributed by atoms with E-state index in [1.807, 2.05) is 19.1 Å². The number of carbonyl (C=O) groups is 2. The Morgan fingerprint density at radius 2 is 2.15 bits per heavy atom. The summed E-state index contributed by atoms with van der Waals surface area (Å²) in [5.74, 6) is -0.379. The van der Waals surface area contributed by atoms with Gasteiger partial charge in [-0.1, -0.05) is 18.5 Å². The van der Waals surface area contributed by atoms with Crippen LogP contribution in [0.25, 0.3) is 10.9 Å². The molecule has 0 aliphatic carbocycles. The predicted molar refractivity (Wildman–Crippen MR) is 102 cm³/mol. The van der Waals surface area contributed by atoms with Gasteiger partial charge in [-0.2, -0.15) is 0 Å². The van der Waals surface area contributed by atoms with Gasteiger partial charge in [0, 0.05) is 36.6 Å². The van der Waals surface area contributed by atoms with Crippen molar-refractivity contribution in [2.45, 2.75) is 32.4 Å². The lowest BCUT2D eigenvalue weighted by Crippen LogP contribution is -2.45. The zero-order valence-electron chi connectivity index (χ0n) is 14.8. The Morgan fingerprint density at radius 3 is 2.77 bits per heavy atom. The molecule has 2 aromatic rings. The Hall–Kier alpha value is -2.34. The Balaban J connectivity index is 1.60. The average molecular weight is 373 g/mol. The number of nitrogens with zero attached hydrogens (tertiary/aromatic N) is 2. The molecule has 6 nitrogen and oxygen atoms in total. The minimum Gasteiger partial charge on any atom is -0.367 e. The summed E-state index contributed by atoms with van der Waals surface area (Å²) in [4.78, 5) is 31.0. The number of halogens is 1. The van der Waals surface area contributed by atoms with E-state index in [2.05, 4.69) is 27.4 Å². The lowest BCUT2D eigenvalue weighted by atomic mass is 10.0. The van der Waals surface area contributed by atoms with Crippen molar-refractivity contribution >= 4 is 40.0 Å². The van der Waals surface area contributed by atoms with Crippen LogP contribution in [0.4, 0.5) is 5.69 Å². The number of hydrogen-bond donors (Lipinski definition) is 2. The van der Waals surface area contributed by atoms with E-state index >= 15 is 0 Å². The summed E-state index contributed by atoms with van der Waals surface area (Å²) in [6, 6.07) is 5.57. The van der Waals surface area contributed by atoms with Gasteiger partial charge in [-0.15, -0.1) is 0 Å². The van der Waals surface area contributed by atoms with Gasteiger partial charge in [-0.25, -0.2) is 0 Å². The molecule has 1 unspecified atom stereocenters. The Morgan fingerprint density at radius 1 is 1.35 bits per heavy atom. The lowest BCUT2D eigenvalue weighted by Gasteiger charge is -2.41. The zero-order chi connectivity index (χ0) is 18.4. The molecule has 7 heteroatoms. The van der Waals surface area contributed by atoms with E-state index in [9.17, 15) is 9.59 Å². The van der Waals surface area contributed by atoms with Crippen LogP contribution < -0.4 is 15.5 Å². The van der Waals surface area contributed by atoms with E-state index in [0.29, 0.717) is 23.2 Å². The van der Waals surface area contributed by atoms with Gasteiger partial charge in [0.1, 0.15) is 6.04 Å². The van der Waals surface area contributed by atoms with Gasteiger partial charge in [0.05, 0.1) is 21.8 Å². The molecule has 4 rings (SSSR count). The molecule has 3 heterocycles. The third-order valence-electron chi connectivity index (χ3n) is 5.38. The molecule has 2 amide bonds. The van der Waals surface area contributed by atoms with Crippen LogP contribution in [0.1, 0.15) is 30.6 Å². The van der Waals surface area contributed by atoms with Crippen LogP contribution in [0.5, 0.6) is 0 Å². The van der Waals surface area contributed by atoms with Crippen molar-refractivity contribution in [3.63, 3.8) is 0 Å². The van der Waals surface area contributed by atoms with E-state index in [0.717, 1.165) is 29.6 Å². The number of pyridine rings is 1. The normalized spacial score (nSPS) is 25.1. The molecule has 136 valence electrons. The van der Waals surface area contributed by atoms with Crippen LogP contribution in [0.15, 0.2) is 24.4 Å². The fourth-order valence-electron chi connectivity index (χ4n) is 3.54. The molecule has 0 bridgehead atoms. The van der Waals surface area contributed by atoms with Crippen LogP contribution in [0, 0.1) is 5.92 Å². The maximum absolute atomic E-state index is 12.5. The first-order chi connectivity index (χ1) is 12.4. The molecule has 2 N–H and O–H groups in total. The minimum absolute atomic E-state index is 0.0652. The SMILES string of the molecule is CC1CCN1c1cc2ncc(C(=O)N[C@@H]3C(=O)NC[C@H]3C)cc2cc1Cl. The number of amides is 2. The molecule has 1 aromatic carbocycles. The van der Waals surface area contributed by atoms with Gasteiger partial charge in [-0.3, -0.25) is 14.6 Å². The molecule has 1 aromatic heterocycles. The highest BCUT2D eigenvalue weighted by Gasteiger charge is 2.33. The molecule has 0 spiro atoms. The number of benzene rings is 1. The maximum Gasteiger partial charge on any atom is 0.253 e. The number of carbonyl (C=O) groups excluding carboxylic acids is 2. The van der Waals surface area contributed by atoms with Crippen LogP contribution in [0.3, 0.4) is 0 Å². The fraction of sp³-hybridized carbons (Fsp3) is 0.421. The van der Waals surface area contributed by atoms with Crippen molar-refractivity contribution in [3.05, 3.63) is 35.0 Å². The summed E-state index contributed by atoms with van der Waals surface area (Å²) < 4.78 is 0. The molecule has 3 atom stereocenters. The smallest absolute Gasteiger partial charge is 0.253 e. The van der Waals surface area contributed by atoms with Gasteiger partial charge in [0.2, 0.25) is 5.91 Å². The van der Waals surface area contributed by atoms with Gasteiger partial charge in [-0.05, 0) is 31.5 Å². The second-order valence-electron chi connectivity index (χ2n) is 7.22. The number of nitrogens with one attached hydrogen (secondary N) is 2. The summed E-state index contributed by atoms with van der Waals surface area (Å²) in [6.07, 6.45) is 2.71. The molecule has 2 aliphatic rings. The number of aromatic nitrogens is 1. The van der Waals surface area contributed by atoms with Crippen LogP contribution >= 0.6 is 11.6 Å². The third-order valence-corrected chi connectivity index (χ3v) is 5.68. The van der Waals surface area contributed by atoms with Crippen molar-refractivity contribution in [2.24, 2.45) is 5.92 Å². The molecular formula is C19H21ClN4O2. The van der Waals surface area contributed by atoms with Crippen LogP contribution in [0.2, 0.25) is 5.02 Å². The largest absolute Gasteiger partial charge is 0.367 e. The zero-order valence-corrected chi connectivity index (χ0v) is 15.5. The van der Waals surface area contributed by atoms with Crippen molar-refractivity contribution < 1.29 is 9.59 Å². The topological polar surface area (TPSA) is 74.3 Å². The molecule has 2 fully saturated rings. The first-order valence-electron chi connectivity index (χ1n) is 8.88. The number of hydrogen-bond acceptors (Lipinski definition) is 4. The number of rotatable bonds is 3. The second kappa shape index (κ2) is 6.43. The van der Waals surface area contributed by atoms with Crippen molar-refractivity contribution in [3.8, 4) is 0 Å². The minimum atomic E-state index is -0.503. The monoisotopic (exact) mass is 372 g/mol. The Labute approximate surface area is 156 Å². The highest BCUT2D eigenvalue weighted by atomic mass is 35.5. The first kappa shape index (κ1) is 17.1. The van der Waals surface area contributed by atoms with Gasteiger partial charge >= 0.3 is 0 Å². The van der Waals surface area contributed by atoms with E-state index in [1.54, 1.807) is 12.3 Å². The standard InChI is InChI=1S/C19H21ClN4O2/c1-10-8-22-19(26)17(10)23-18(25)13-5-12-6-14(20)16(7-15(12)21-9-13)24-4-3-11(24)2/h5-7,9-11,17H,3-4,8H2,1-2H3,(H,22,26)(H,23,25)/t10-,11?,17+/m1/s1. The average Bonchev–Trinajstić information content (AvgIpc) is 2.92. The van der Waals surface area contributed by atoms with E-state index in [-0.39, 0.29) is 17.7 Å². The molecule has 2 aliphatic heterocycles. The van der Waals surface area contributed by atoms with Gasteiger partial charge in [0.25, 0.3) is 5.91 Å². The summed E-state index contributed by atoms with van der Waals surface area (Å²) in [6.45, 7) is 5.67. The van der Waals surface area contributed by atoms with Crippen molar-refractivity contribution in [1.82, 2.24) is 15.6 Å². The Bertz CT molecular complexity index is 900. The number of anilines is 1. The number of fused-ring (bicyclic) bond motifs is 1. The van der Waals surface area contributed by atoms with Gasteiger partial charge in [0.15, 0.2) is 0 Å². The quantitative estimate of drug-likeness (QED) is 0.867. The predicted octanol–water partition coefficient (Wildman–Crippen LogP) is 2.35. The second-order valence-corrected chi connectivity index (χ2v) is 7.63. The molecule has 0 saturated carbocycles. The molecule has 0 radical (unpaired) electrons. The van der Waals surface area contributed by atoms with Crippen molar-refractivity contribution in [1.29, 1.82) is 0 Å². The molecule has 26 heavy (non-hydrogen) atoms. The highest BCUT2D eigenvalue weighted by molar-refractivity contribution is 6.34. The summed E-state index contributed by atoms with van der Waals surface area (Å²) in [5, 5.41) is 7.02.